The molecule has 0 aliphatic heterocycles. The number of nitrogens with zero attached hydrogens (tertiary/aromatic N) is 1. The summed E-state index contributed by atoms with van der Waals surface area (Å²) < 4.78 is 11.6. The van der Waals surface area contributed by atoms with E-state index in [0.29, 0.717) is 45.9 Å². The first kappa shape index (κ1) is 25.1. The highest BCUT2D eigenvalue weighted by molar-refractivity contribution is 6.30. The summed E-state index contributed by atoms with van der Waals surface area (Å²) in [6.07, 6.45) is 1.48. The molecule has 0 saturated carbocycles. The van der Waals surface area contributed by atoms with Crippen molar-refractivity contribution in [3.05, 3.63) is 93.5 Å². The van der Waals surface area contributed by atoms with Gasteiger partial charge in [0.1, 0.15) is 6.61 Å². The molecule has 3 aromatic rings. The molecular weight excluding hydrogens is 477 g/mol. The first-order valence-corrected chi connectivity index (χ1v) is 11.2. The van der Waals surface area contributed by atoms with Gasteiger partial charge in [0.15, 0.2) is 11.5 Å². The zero-order chi connectivity index (χ0) is 24.3. The van der Waals surface area contributed by atoms with Gasteiger partial charge in [0, 0.05) is 15.6 Å². The molecule has 0 bridgehead atoms. The van der Waals surface area contributed by atoms with Crippen molar-refractivity contribution in [3.8, 4) is 11.5 Å². The van der Waals surface area contributed by atoms with Crippen molar-refractivity contribution >= 4 is 41.2 Å². The molecular formula is C25H23Cl2N3O4. The monoisotopic (exact) mass is 499 g/mol. The highest BCUT2D eigenvalue weighted by Crippen LogP contribution is 2.29. The molecule has 0 saturated heterocycles. The Balaban J connectivity index is 1.52. The summed E-state index contributed by atoms with van der Waals surface area (Å²) in [6.45, 7) is 2.48. The van der Waals surface area contributed by atoms with Gasteiger partial charge in [-0.1, -0.05) is 35.3 Å². The minimum atomic E-state index is -0.466. The number of rotatable bonds is 10. The lowest BCUT2D eigenvalue weighted by Crippen LogP contribution is -2.34. The zero-order valence-electron chi connectivity index (χ0n) is 18.4. The van der Waals surface area contributed by atoms with E-state index in [1.54, 1.807) is 54.6 Å². The van der Waals surface area contributed by atoms with Crippen LogP contribution in [0.1, 0.15) is 28.4 Å². The fourth-order valence-corrected chi connectivity index (χ4v) is 3.07. The molecule has 7 nitrogen and oxygen atoms in total. The van der Waals surface area contributed by atoms with Crippen molar-refractivity contribution < 1.29 is 19.1 Å². The second kappa shape index (κ2) is 12.6. The van der Waals surface area contributed by atoms with Crippen molar-refractivity contribution in [3.63, 3.8) is 0 Å². The molecule has 2 N–H and O–H groups in total. The number of amides is 2. The van der Waals surface area contributed by atoms with Crippen LogP contribution in [0, 0.1) is 0 Å². The predicted molar refractivity (Wildman–Crippen MR) is 133 cm³/mol. The Hall–Kier alpha value is -3.55. The fourth-order valence-electron chi connectivity index (χ4n) is 2.82. The van der Waals surface area contributed by atoms with E-state index in [4.69, 9.17) is 32.7 Å². The molecule has 176 valence electrons. The Morgan fingerprint density at radius 1 is 0.912 bits per heavy atom. The molecule has 3 rings (SSSR count). The van der Waals surface area contributed by atoms with Crippen molar-refractivity contribution in [2.75, 3.05) is 13.2 Å². The molecule has 0 heterocycles. The average Bonchev–Trinajstić information content (AvgIpc) is 2.84. The predicted octanol–water partition coefficient (Wildman–Crippen LogP) is 4.85. The van der Waals surface area contributed by atoms with Crippen LogP contribution in [0.5, 0.6) is 11.5 Å². The third kappa shape index (κ3) is 7.79. The number of hydrogen-bond donors (Lipinski definition) is 2. The Bertz CT molecular complexity index is 1150. The number of nitrogens with one attached hydrogen (secondary N) is 2. The Morgan fingerprint density at radius 2 is 1.59 bits per heavy atom. The minimum Gasteiger partial charge on any atom is -0.490 e. The van der Waals surface area contributed by atoms with Gasteiger partial charge in [-0.25, -0.2) is 5.43 Å². The summed E-state index contributed by atoms with van der Waals surface area (Å²) in [4.78, 5) is 24.0. The van der Waals surface area contributed by atoms with Gasteiger partial charge in [-0.3, -0.25) is 9.59 Å². The lowest BCUT2D eigenvalue weighted by molar-refractivity contribution is -0.120. The van der Waals surface area contributed by atoms with Gasteiger partial charge in [0.05, 0.1) is 19.4 Å². The van der Waals surface area contributed by atoms with Crippen LogP contribution in [0.4, 0.5) is 0 Å². The van der Waals surface area contributed by atoms with Crippen LogP contribution in [-0.2, 0) is 11.4 Å². The molecule has 2 amide bonds. The molecule has 0 atom stereocenters. The van der Waals surface area contributed by atoms with Crippen molar-refractivity contribution in [1.29, 1.82) is 0 Å². The topological polar surface area (TPSA) is 89.0 Å². The van der Waals surface area contributed by atoms with Crippen molar-refractivity contribution in [1.82, 2.24) is 10.7 Å². The fraction of sp³-hybridized carbons (Fsp3) is 0.160. The molecule has 3 aromatic carbocycles. The summed E-state index contributed by atoms with van der Waals surface area (Å²) in [5.41, 5.74) is 4.46. The van der Waals surface area contributed by atoms with Crippen molar-refractivity contribution in [2.45, 2.75) is 13.5 Å². The first-order valence-electron chi connectivity index (χ1n) is 10.4. The van der Waals surface area contributed by atoms with Crippen LogP contribution in [0.3, 0.4) is 0 Å². The van der Waals surface area contributed by atoms with E-state index in [-0.39, 0.29) is 12.5 Å². The molecule has 0 spiro atoms. The smallest absolute Gasteiger partial charge is 0.259 e. The number of benzene rings is 3. The van der Waals surface area contributed by atoms with E-state index in [0.717, 1.165) is 5.56 Å². The summed E-state index contributed by atoms with van der Waals surface area (Å²) in [7, 11) is 0. The lowest BCUT2D eigenvalue weighted by atomic mass is 10.2. The van der Waals surface area contributed by atoms with E-state index < -0.39 is 5.91 Å². The van der Waals surface area contributed by atoms with Gasteiger partial charge in [0.2, 0.25) is 0 Å². The molecule has 9 heteroatoms. The third-order valence-corrected chi connectivity index (χ3v) is 5.00. The minimum absolute atomic E-state index is 0.222. The Kier molecular flexibility index (Phi) is 9.31. The Labute approximate surface area is 207 Å². The number of ether oxygens (including phenoxy) is 2. The van der Waals surface area contributed by atoms with Gasteiger partial charge in [-0.05, 0) is 72.6 Å². The Morgan fingerprint density at radius 3 is 2.26 bits per heavy atom. The summed E-state index contributed by atoms with van der Waals surface area (Å²) in [5.74, 6) is 0.294. The zero-order valence-corrected chi connectivity index (χ0v) is 19.9. The van der Waals surface area contributed by atoms with Crippen LogP contribution in [0.25, 0.3) is 0 Å². The lowest BCUT2D eigenvalue weighted by Gasteiger charge is -2.12. The number of carbonyl (C=O) groups excluding carboxylic acids is 2. The molecule has 34 heavy (non-hydrogen) atoms. The second-order valence-corrected chi connectivity index (χ2v) is 7.91. The molecule has 0 aromatic heterocycles. The van der Waals surface area contributed by atoms with E-state index in [1.807, 2.05) is 19.1 Å². The molecule has 0 aliphatic rings. The summed E-state index contributed by atoms with van der Waals surface area (Å²) in [5, 5.41) is 7.64. The standard InChI is InChI=1S/C25H23Cl2N3O4/c1-2-33-23-13-18(5-12-22(23)34-16-17-3-8-20(26)9-4-17)14-29-30-24(31)15-28-25(32)19-6-10-21(27)11-7-19/h3-14H,2,15-16H2,1H3,(H,28,32)(H,30,31). The maximum Gasteiger partial charge on any atom is 0.259 e. The van der Waals surface area contributed by atoms with Gasteiger partial charge < -0.3 is 14.8 Å². The molecule has 0 fully saturated rings. The normalized spacial score (nSPS) is 10.7. The summed E-state index contributed by atoms with van der Waals surface area (Å²) >= 11 is 11.7. The van der Waals surface area contributed by atoms with E-state index in [2.05, 4.69) is 15.8 Å². The van der Waals surface area contributed by atoms with Crippen LogP contribution >= 0.6 is 23.2 Å². The first-order chi connectivity index (χ1) is 16.4. The maximum absolute atomic E-state index is 12.0. The van der Waals surface area contributed by atoms with E-state index >= 15 is 0 Å². The van der Waals surface area contributed by atoms with Crippen molar-refractivity contribution in [2.24, 2.45) is 5.10 Å². The van der Waals surface area contributed by atoms with Gasteiger partial charge >= 0.3 is 0 Å². The molecule has 0 radical (unpaired) electrons. The van der Waals surface area contributed by atoms with Crippen LogP contribution in [0.2, 0.25) is 10.0 Å². The second-order valence-electron chi connectivity index (χ2n) is 7.04. The van der Waals surface area contributed by atoms with Crippen LogP contribution in [0.15, 0.2) is 71.8 Å². The van der Waals surface area contributed by atoms with E-state index in [1.165, 1.54) is 6.21 Å². The van der Waals surface area contributed by atoms with Gasteiger partial charge in [-0.15, -0.1) is 0 Å². The SMILES string of the molecule is CCOc1cc(C=NNC(=O)CNC(=O)c2ccc(Cl)cc2)ccc1OCc1ccc(Cl)cc1. The number of hydrazone groups is 1. The largest absolute Gasteiger partial charge is 0.490 e. The van der Waals surface area contributed by atoms with Gasteiger partial charge in [0.25, 0.3) is 11.8 Å². The number of hydrogen-bond acceptors (Lipinski definition) is 5. The highest BCUT2D eigenvalue weighted by Gasteiger charge is 2.09. The molecule has 0 unspecified atom stereocenters. The summed E-state index contributed by atoms with van der Waals surface area (Å²) in [6, 6.07) is 19.1. The maximum atomic E-state index is 12.0. The quantitative estimate of drug-likeness (QED) is 0.308. The van der Waals surface area contributed by atoms with Crippen LogP contribution in [-0.4, -0.2) is 31.2 Å². The van der Waals surface area contributed by atoms with Crippen LogP contribution < -0.4 is 20.2 Å². The van der Waals surface area contributed by atoms with Gasteiger partial charge in [-0.2, -0.15) is 5.10 Å². The molecule has 0 aliphatic carbocycles. The average molecular weight is 500 g/mol. The number of carbonyl (C=O) groups is 2. The van der Waals surface area contributed by atoms with E-state index in [9.17, 15) is 9.59 Å². The third-order valence-electron chi connectivity index (χ3n) is 4.49. The number of halogens is 2. The highest BCUT2D eigenvalue weighted by atomic mass is 35.5.